The number of carboxylic acids is 1. The van der Waals surface area contributed by atoms with Crippen molar-refractivity contribution < 1.29 is 49.0 Å². The number of halogens is 4. The van der Waals surface area contributed by atoms with E-state index in [0.29, 0.717) is 16.3 Å². The van der Waals surface area contributed by atoms with Crippen LogP contribution in [-0.4, -0.2) is 59.3 Å². The number of carboxylic acid groups (broad SMARTS) is 1. The van der Waals surface area contributed by atoms with Crippen LogP contribution in [0.2, 0.25) is 0 Å². The largest absolute Gasteiger partial charge is 0.497 e. The van der Waals surface area contributed by atoms with Crippen molar-refractivity contribution >= 4 is 48.3 Å². The zero-order valence-electron chi connectivity index (χ0n) is 21.5. The summed E-state index contributed by atoms with van der Waals surface area (Å²) in [6.07, 6.45) is -4.33. The summed E-state index contributed by atoms with van der Waals surface area (Å²) in [5.74, 6) is -2.54. The van der Waals surface area contributed by atoms with Crippen LogP contribution in [0.1, 0.15) is 0 Å². The van der Waals surface area contributed by atoms with Gasteiger partial charge in [-0.25, -0.2) is 30.5 Å². The molecule has 0 unspecified atom stereocenters. The number of carbonyl (C=O) groups is 1. The summed E-state index contributed by atoms with van der Waals surface area (Å²) < 4.78 is 114. The molecule has 16 heteroatoms. The van der Waals surface area contributed by atoms with Crippen molar-refractivity contribution in [1.29, 1.82) is 0 Å². The van der Waals surface area contributed by atoms with Crippen LogP contribution in [0.4, 0.5) is 29.1 Å². The number of aliphatic carboxylic acids is 1. The monoisotopic (exact) mass is 627 g/mol. The number of aromatic nitrogens is 1. The van der Waals surface area contributed by atoms with Crippen molar-refractivity contribution in [3.05, 3.63) is 84.8 Å². The Morgan fingerprint density at radius 3 is 1.90 bits per heavy atom. The number of rotatable bonds is 10. The molecule has 1 heterocycles. The molecule has 222 valence electrons. The molecule has 0 saturated carbocycles. The summed E-state index contributed by atoms with van der Waals surface area (Å²) in [6, 6.07) is 13.4. The van der Waals surface area contributed by atoms with Crippen LogP contribution >= 0.6 is 0 Å². The van der Waals surface area contributed by atoms with E-state index in [0.717, 1.165) is 24.3 Å². The number of pyridine rings is 1. The van der Waals surface area contributed by atoms with Crippen molar-refractivity contribution in [2.24, 2.45) is 0 Å². The Kier molecular flexibility index (Phi) is 8.31. The number of fused-ring (bicyclic) bond motifs is 1. The molecule has 10 nitrogen and oxygen atoms in total. The molecule has 42 heavy (non-hydrogen) atoms. The highest BCUT2D eigenvalue weighted by Crippen LogP contribution is 2.38. The molecule has 1 N–H and O–H groups in total. The summed E-state index contributed by atoms with van der Waals surface area (Å²) in [6.45, 7) is -3.12. The third-order valence-electron chi connectivity index (χ3n) is 5.91. The van der Waals surface area contributed by atoms with Crippen LogP contribution in [0.5, 0.6) is 5.75 Å². The minimum atomic E-state index is -5.04. The van der Waals surface area contributed by atoms with Gasteiger partial charge in [-0.1, -0.05) is 24.3 Å². The molecule has 0 amide bonds. The topological polar surface area (TPSA) is 134 Å². The van der Waals surface area contributed by atoms with Gasteiger partial charge in [-0.2, -0.15) is 13.2 Å². The number of hydrogen-bond acceptors (Lipinski definition) is 7. The maximum atomic E-state index is 13.7. The van der Waals surface area contributed by atoms with Crippen LogP contribution in [0.15, 0.2) is 88.8 Å². The highest BCUT2D eigenvalue weighted by Gasteiger charge is 2.39. The van der Waals surface area contributed by atoms with Gasteiger partial charge >= 0.3 is 12.1 Å². The van der Waals surface area contributed by atoms with Gasteiger partial charge in [-0.3, -0.25) is 9.10 Å². The first-order valence-corrected chi connectivity index (χ1v) is 14.6. The number of benzene rings is 3. The number of ether oxygens (including phenoxy) is 1. The zero-order chi connectivity index (χ0) is 30.9. The second-order valence-electron chi connectivity index (χ2n) is 8.67. The fourth-order valence-electron chi connectivity index (χ4n) is 4.03. The lowest BCUT2D eigenvalue weighted by molar-refractivity contribution is -0.135. The molecule has 3 aromatic carbocycles. The fraction of sp³-hybridized carbons (Fsp3) is 0.154. The van der Waals surface area contributed by atoms with Gasteiger partial charge in [0, 0.05) is 10.8 Å². The number of alkyl halides is 3. The third kappa shape index (κ3) is 6.23. The second-order valence-corrected chi connectivity index (χ2v) is 12.4. The summed E-state index contributed by atoms with van der Waals surface area (Å²) in [7, 11) is -8.22. The molecule has 0 aliphatic carbocycles. The molecular formula is C26H21F4N3O7S2. The summed E-state index contributed by atoms with van der Waals surface area (Å²) in [4.78, 5) is 14.8. The molecule has 0 spiro atoms. The van der Waals surface area contributed by atoms with Crippen molar-refractivity contribution in [1.82, 2.24) is 4.98 Å². The van der Waals surface area contributed by atoms with Gasteiger partial charge in [-0.05, 0) is 48.5 Å². The Balaban J connectivity index is 1.95. The molecule has 1 aromatic heterocycles. The zero-order valence-corrected chi connectivity index (χ0v) is 23.1. The minimum Gasteiger partial charge on any atom is -0.497 e. The molecule has 0 atom stereocenters. The lowest BCUT2D eigenvalue weighted by atomic mass is 10.1. The number of anilines is 2. The van der Waals surface area contributed by atoms with E-state index in [1.165, 1.54) is 55.6 Å². The van der Waals surface area contributed by atoms with E-state index in [4.69, 9.17) is 4.74 Å². The first-order chi connectivity index (χ1) is 19.6. The van der Waals surface area contributed by atoms with Gasteiger partial charge in [0.25, 0.3) is 20.0 Å². The summed E-state index contributed by atoms with van der Waals surface area (Å²) in [5.41, 5.74) is -0.576. The lowest BCUT2D eigenvalue weighted by Gasteiger charge is -2.28. The van der Waals surface area contributed by atoms with Crippen LogP contribution in [-0.2, 0) is 24.8 Å². The fourth-order valence-corrected chi connectivity index (χ4v) is 6.87. The molecule has 0 saturated heterocycles. The van der Waals surface area contributed by atoms with Crippen molar-refractivity contribution in [3.8, 4) is 5.75 Å². The SMILES string of the molecule is COc1ccc(S(=O)(=O)N(CC(=O)O)c2ncc(N(CC(F)(F)F)S(=O)(=O)c3ccc(F)cc3)c3ccccc23)cc1. The Labute approximate surface area is 237 Å². The van der Waals surface area contributed by atoms with Gasteiger partial charge in [0.05, 0.1) is 28.8 Å². The van der Waals surface area contributed by atoms with Crippen LogP contribution < -0.4 is 13.3 Å². The number of sulfonamides is 2. The number of nitrogens with zero attached hydrogens (tertiary/aromatic N) is 3. The normalized spacial score (nSPS) is 12.2. The van der Waals surface area contributed by atoms with E-state index in [1.54, 1.807) is 0 Å². The van der Waals surface area contributed by atoms with E-state index in [-0.39, 0.29) is 20.0 Å². The first kappa shape index (κ1) is 30.5. The Morgan fingerprint density at radius 1 is 0.857 bits per heavy atom. The average molecular weight is 628 g/mol. The molecular weight excluding hydrogens is 606 g/mol. The van der Waals surface area contributed by atoms with E-state index in [1.807, 2.05) is 0 Å². The van der Waals surface area contributed by atoms with E-state index < -0.39 is 67.5 Å². The van der Waals surface area contributed by atoms with Crippen LogP contribution in [0.3, 0.4) is 0 Å². The smallest absolute Gasteiger partial charge is 0.407 e. The van der Waals surface area contributed by atoms with Gasteiger partial charge < -0.3 is 9.84 Å². The van der Waals surface area contributed by atoms with Crippen molar-refractivity contribution in [2.75, 3.05) is 28.8 Å². The van der Waals surface area contributed by atoms with Gasteiger partial charge in [0.1, 0.15) is 24.7 Å². The van der Waals surface area contributed by atoms with Gasteiger partial charge in [0.15, 0.2) is 5.82 Å². The molecule has 4 aromatic rings. The second kappa shape index (κ2) is 11.4. The lowest BCUT2D eigenvalue weighted by Crippen LogP contribution is -2.39. The number of methoxy groups -OCH3 is 1. The predicted molar refractivity (Wildman–Crippen MR) is 144 cm³/mol. The quantitative estimate of drug-likeness (QED) is 0.256. The summed E-state index contributed by atoms with van der Waals surface area (Å²) in [5, 5.41) is 9.20. The van der Waals surface area contributed by atoms with Gasteiger partial charge in [0.2, 0.25) is 0 Å². The van der Waals surface area contributed by atoms with Crippen LogP contribution in [0.25, 0.3) is 10.8 Å². The Bertz CT molecular complexity index is 1830. The highest BCUT2D eigenvalue weighted by atomic mass is 32.2. The van der Waals surface area contributed by atoms with Crippen LogP contribution in [0, 0.1) is 5.82 Å². The molecule has 0 aliphatic rings. The molecule has 4 rings (SSSR count). The molecule has 0 fully saturated rings. The molecule has 0 bridgehead atoms. The third-order valence-corrected chi connectivity index (χ3v) is 9.43. The average Bonchev–Trinajstić information content (AvgIpc) is 2.94. The number of hydrogen-bond donors (Lipinski definition) is 1. The Hall–Kier alpha value is -4.44. The Morgan fingerprint density at radius 2 is 1.38 bits per heavy atom. The van der Waals surface area contributed by atoms with Crippen molar-refractivity contribution in [2.45, 2.75) is 16.0 Å². The highest BCUT2D eigenvalue weighted by molar-refractivity contribution is 7.93. The van der Waals surface area contributed by atoms with Crippen molar-refractivity contribution in [3.63, 3.8) is 0 Å². The maximum Gasteiger partial charge on any atom is 0.407 e. The van der Waals surface area contributed by atoms with Gasteiger partial charge in [-0.15, -0.1) is 0 Å². The van der Waals surface area contributed by atoms with E-state index in [2.05, 4.69) is 4.98 Å². The standard InChI is InChI=1S/C26H21F4N3O7S2/c1-40-18-8-12-20(13-9-18)41(36,37)32(15-24(34)35)25-22-5-3-2-4-21(22)23(14-31-25)33(16-26(28,29)30)42(38,39)19-10-6-17(27)7-11-19/h2-14H,15-16H2,1H3,(H,34,35). The minimum absolute atomic E-state index is 0.0266. The molecule has 0 aliphatic heterocycles. The molecule has 0 radical (unpaired) electrons. The summed E-state index contributed by atoms with van der Waals surface area (Å²) >= 11 is 0. The van der Waals surface area contributed by atoms with E-state index in [9.17, 15) is 44.3 Å². The maximum absolute atomic E-state index is 13.7. The van der Waals surface area contributed by atoms with E-state index >= 15 is 0 Å². The predicted octanol–water partition coefficient (Wildman–Crippen LogP) is 4.42. The first-order valence-electron chi connectivity index (χ1n) is 11.8.